The lowest BCUT2D eigenvalue weighted by atomic mass is 9.94. The van der Waals surface area contributed by atoms with Crippen LogP contribution in [0.1, 0.15) is 36.1 Å². The number of pyridine rings is 1. The van der Waals surface area contributed by atoms with Gasteiger partial charge in [0.05, 0.1) is 12.8 Å². The van der Waals surface area contributed by atoms with Gasteiger partial charge in [-0.2, -0.15) is 0 Å². The van der Waals surface area contributed by atoms with Gasteiger partial charge in [0.1, 0.15) is 5.75 Å². The summed E-state index contributed by atoms with van der Waals surface area (Å²) < 4.78 is 5.49. The van der Waals surface area contributed by atoms with Crippen LogP contribution in [-0.4, -0.2) is 36.6 Å². The quantitative estimate of drug-likeness (QED) is 0.887. The number of ether oxygens (including phenoxy) is 1. The standard InChI is InChI=1S/C16H27N3O.2ClH/c1-12-9-18-15(13(2)16(12)20-3)11-19-8-4-5-14(10-19)6-7-17;;/h9,14H,4-8,10-11,17H2,1-3H3;2*1H. The van der Waals surface area contributed by atoms with Crippen LogP contribution in [0, 0.1) is 19.8 Å². The van der Waals surface area contributed by atoms with Gasteiger partial charge in [0.2, 0.25) is 0 Å². The fourth-order valence-electron chi connectivity index (χ4n) is 3.21. The number of hydrogen-bond acceptors (Lipinski definition) is 4. The molecule has 0 spiro atoms. The maximum atomic E-state index is 5.69. The first-order chi connectivity index (χ1) is 9.65. The largest absolute Gasteiger partial charge is 0.496 e. The van der Waals surface area contributed by atoms with Crippen molar-refractivity contribution in [1.29, 1.82) is 0 Å². The highest BCUT2D eigenvalue weighted by atomic mass is 35.5. The van der Waals surface area contributed by atoms with E-state index >= 15 is 0 Å². The molecule has 6 heteroatoms. The van der Waals surface area contributed by atoms with Crippen LogP contribution >= 0.6 is 24.8 Å². The van der Waals surface area contributed by atoms with Crippen LogP contribution in [0.15, 0.2) is 6.20 Å². The number of aromatic nitrogens is 1. The minimum atomic E-state index is 0. The predicted octanol–water partition coefficient (Wildman–Crippen LogP) is 3.11. The minimum absolute atomic E-state index is 0. The second kappa shape index (κ2) is 10.3. The van der Waals surface area contributed by atoms with Gasteiger partial charge in [-0.1, -0.05) is 0 Å². The van der Waals surface area contributed by atoms with Crippen LogP contribution < -0.4 is 10.5 Å². The summed E-state index contributed by atoms with van der Waals surface area (Å²) in [6.07, 6.45) is 5.65. The Morgan fingerprint density at radius 3 is 2.73 bits per heavy atom. The van der Waals surface area contributed by atoms with Crippen LogP contribution in [0.5, 0.6) is 5.75 Å². The van der Waals surface area contributed by atoms with Gasteiger partial charge >= 0.3 is 0 Å². The van der Waals surface area contributed by atoms with Gasteiger partial charge in [-0.25, -0.2) is 0 Å². The van der Waals surface area contributed by atoms with Gasteiger partial charge in [-0.3, -0.25) is 9.88 Å². The van der Waals surface area contributed by atoms with E-state index < -0.39 is 0 Å². The Bertz CT molecular complexity index is 455. The molecule has 2 heterocycles. The van der Waals surface area contributed by atoms with Crippen molar-refractivity contribution in [2.75, 3.05) is 26.7 Å². The Hall–Kier alpha value is -0.550. The number of hydrogen-bond donors (Lipinski definition) is 1. The molecule has 0 amide bonds. The van der Waals surface area contributed by atoms with Crippen LogP contribution in [0.25, 0.3) is 0 Å². The van der Waals surface area contributed by atoms with Gasteiger partial charge < -0.3 is 10.5 Å². The summed E-state index contributed by atoms with van der Waals surface area (Å²) in [4.78, 5) is 7.11. The van der Waals surface area contributed by atoms with Crippen molar-refractivity contribution in [1.82, 2.24) is 9.88 Å². The molecule has 1 saturated heterocycles. The zero-order valence-electron chi connectivity index (χ0n) is 13.8. The number of nitrogens with zero attached hydrogens (tertiary/aromatic N) is 2. The molecule has 1 aromatic heterocycles. The maximum absolute atomic E-state index is 5.69. The molecule has 0 aliphatic carbocycles. The molecule has 0 radical (unpaired) electrons. The summed E-state index contributed by atoms with van der Waals surface area (Å²) in [5.41, 5.74) is 9.11. The molecule has 0 bridgehead atoms. The Kier molecular flexibility index (Phi) is 10.0. The summed E-state index contributed by atoms with van der Waals surface area (Å²) in [5, 5.41) is 0. The summed E-state index contributed by atoms with van der Waals surface area (Å²) in [6, 6.07) is 0. The molecule has 1 aliphatic rings. The third kappa shape index (κ3) is 5.27. The van der Waals surface area contributed by atoms with E-state index in [1.54, 1.807) is 7.11 Å². The predicted molar refractivity (Wildman–Crippen MR) is 96.4 cm³/mol. The van der Waals surface area contributed by atoms with Crippen molar-refractivity contribution in [2.45, 2.75) is 39.7 Å². The molecule has 1 unspecified atom stereocenters. The molecule has 128 valence electrons. The van der Waals surface area contributed by atoms with E-state index in [1.807, 2.05) is 13.1 Å². The van der Waals surface area contributed by atoms with E-state index in [0.29, 0.717) is 0 Å². The zero-order chi connectivity index (χ0) is 14.5. The van der Waals surface area contributed by atoms with Crippen molar-refractivity contribution < 1.29 is 4.74 Å². The van der Waals surface area contributed by atoms with Crippen LogP contribution in [0.2, 0.25) is 0 Å². The topological polar surface area (TPSA) is 51.4 Å². The SMILES string of the molecule is COc1c(C)cnc(CN2CCCC(CCN)C2)c1C.Cl.Cl. The molecule has 1 aliphatic heterocycles. The first-order valence-corrected chi connectivity index (χ1v) is 7.57. The smallest absolute Gasteiger partial charge is 0.128 e. The average Bonchev–Trinajstić information content (AvgIpc) is 2.43. The molecular formula is C16H29Cl2N3O. The zero-order valence-corrected chi connectivity index (χ0v) is 15.4. The molecule has 2 N–H and O–H groups in total. The van der Waals surface area contributed by atoms with E-state index in [9.17, 15) is 0 Å². The molecule has 1 atom stereocenters. The van der Waals surface area contributed by atoms with E-state index in [4.69, 9.17) is 10.5 Å². The first-order valence-electron chi connectivity index (χ1n) is 7.57. The molecular weight excluding hydrogens is 321 g/mol. The van der Waals surface area contributed by atoms with Crippen LogP contribution in [-0.2, 0) is 6.54 Å². The highest BCUT2D eigenvalue weighted by Gasteiger charge is 2.21. The van der Waals surface area contributed by atoms with Crippen molar-refractivity contribution in [3.8, 4) is 5.75 Å². The lowest BCUT2D eigenvalue weighted by Crippen LogP contribution is -2.36. The van der Waals surface area contributed by atoms with E-state index in [-0.39, 0.29) is 24.8 Å². The van der Waals surface area contributed by atoms with E-state index in [1.165, 1.54) is 24.9 Å². The summed E-state index contributed by atoms with van der Waals surface area (Å²) in [7, 11) is 1.73. The lowest BCUT2D eigenvalue weighted by Gasteiger charge is -2.32. The maximum Gasteiger partial charge on any atom is 0.128 e. The van der Waals surface area contributed by atoms with E-state index in [0.717, 1.165) is 49.0 Å². The summed E-state index contributed by atoms with van der Waals surface area (Å²) >= 11 is 0. The minimum Gasteiger partial charge on any atom is -0.496 e. The van der Waals surface area contributed by atoms with Crippen LogP contribution in [0.4, 0.5) is 0 Å². The summed E-state index contributed by atoms with van der Waals surface area (Å²) in [5.74, 6) is 1.73. The molecule has 0 saturated carbocycles. The molecule has 0 aromatic carbocycles. The second-order valence-electron chi connectivity index (χ2n) is 5.87. The monoisotopic (exact) mass is 349 g/mol. The van der Waals surface area contributed by atoms with Gasteiger partial charge in [-0.15, -0.1) is 24.8 Å². The molecule has 1 aromatic rings. The van der Waals surface area contributed by atoms with Gasteiger partial charge in [-0.05, 0) is 52.1 Å². The highest BCUT2D eigenvalue weighted by Crippen LogP contribution is 2.26. The molecule has 1 fully saturated rings. The second-order valence-corrected chi connectivity index (χ2v) is 5.87. The Labute approximate surface area is 146 Å². The third-order valence-corrected chi connectivity index (χ3v) is 4.30. The summed E-state index contributed by atoms with van der Waals surface area (Å²) in [6.45, 7) is 8.18. The van der Waals surface area contributed by atoms with Gasteiger partial charge in [0.25, 0.3) is 0 Å². The van der Waals surface area contributed by atoms with Crippen molar-refractivity contribution in [3.63, 3.8) is 0 Å². The van der Waals surface area contributed by atoms with Gasteiger partial charge in [0, 0.05) is 30.4 Å². The van der Waals surface area contributed by atoms with Crippen molar-refractivity contribution in [2.24, 2.45) is 11.7 Å². The number of aryl methyl sites for hydroxylation is 1. The number of halogens is 2. The fourth-order valence-corrected chi connectivity index (χ4v) is 3.21. The Morgan fingerprint density at radius 2 is 2.09 bits per heavy atom. The number of rotatable bonds is 5. The number of nitrogens with two attached hydrogens (primary N) is 1. The average molecular weight is 350 g/mol. The van der Waals surface area contributed by atoms with Gasteiger partial charge in [0.15, 0.2) is 0 Å². The van der Waals surface area contributed by atoms with E-state index in [2.05, 4.69) is 16.8 Å². The number of piperidine rings is 1. The Balaban J connectivity index is 0.00000220. The highest BCUT2D eigenvalue weighted by molar-refractivity contribution is 5.85. The number of likely N-dealkylation sites (tertiary alicyclic amines) is 1. The Morgan fingerprint density at radius 1 is 1.36 bits per heavy atom. The lowest BCUT2D eigenvalue weighted by molar-refractivity contribution is 0.161. The molecule has 4 nitrogen and oxygen atoms in total. The van der Waals surface area contributed by atoms with Crippen LogP contribution in [0.3, 0.4) is 0 Å². The molecule has 2 rings (SSSR count). The fraction of sp³-hybridized carbons (Fsp3) is 0.688. The normalized spacial score (nSPS) is 18.3. The third-order valence-electron chi connectivity index (χ3n) is 4.30. The number of methoxy groups -OCH3 is 1. The first kappa shape index (κ1) is 21.4. The van der Waals surface area contributed by atoms with Crippen molar-refractivity contribution in [3.05, 3.63) is 23.0 Å². The molecule has 22 heavy (non-hydrogen) atoms. The van der Waals surface area contributed by atoms with Crippen molar-refractivity contribution >= 4 is 24.8 Å².